The summed E-state index contributed by atoms with van der Waals surface area (Å²) in [5.74, 6) is -0.325. The number of aldehydes is 1. The lowest BCUT2D eigenvalue weighted by atomic mass is 10.0. The Hall–Kier alpha value is -0.955. The van der Waals surface area contributed by atoms with Gasteiger partial charge in [0.25, 0.3) is 0 Å². The van der Waals surface area contributed by atoms with E-state index in [9.17, 15) is 9.59 Å². The number of hydrogen-bond acceptors (Lipinski definition) is 6. The number of rotatable bonds is 12. The maximum atomic E-state index is 11.4. The Labute approximate surface area is 114 Å². The number of carbonyl (C=O) groups is 2. The van der Waals surface area contributed by atoms with Gasteiger partial charge in [0.05, 0.1) is 47.4 Å². The van der Waals surface area contributed by atoms with Crippen molar-refractivity contribution in [2.45, 2.75) is 12.4 Å². The molecule has 0 aliphatic heterocycles. The molecule has 0 heterocycles. The molecule has 0 fully saturated rings. The summed E-state index contributed by atoms with van der Waals surface area (Å²) < 4.78 is 10.2. The summed E-state index contributed by atoms with van der Waals surface area (Å²) in [4.78, 5) is 23.1. The molecule has 0 aliphatic rings. The van der Waals surface area contributed by atoms with Crippen LogP contribution in [-0.4, -0.2) is 82.2 Å². The van der Waals surface area contributed by atoms with Gasteiger partial charge in [-0.1, -0.05) is 0 Å². The van der Waals surface area contributed by atoms with Gasteiger partial charge in [0.2, 0.25) is 5.91 Å². The molecule has 1 amide bonds. The Morgan fingerprint density at radius 3 is 2.63 bits per heavy atom. The second-order valence-electron chi connectivity index (χ2n) is 3.84. The minimum Gasteiger partial charge on any atom is -0.394 e. The van der Waals surface area contributed by atoms with E-state index in [0.29, 0.717) is 19.5 Å². The van der Waals surface area contributed by atoms with Crippen LogP contribution in [0.25, 0.3) is 0 Å². The van der Waals surface area contributed by atoms with Crippen LogP contribution in [0.5, 0.6) is 0 Å². The van der Waals surface area contributed by atoms with Crippen LogP contribution in [0, 0.1) is 0 Å². The van der Waals surface area contributed by atoms with Crippen molar-refractivity contribution in [3.8, 4) is 0 Å². The molecular formula is C11H21BN2O5. The van der Waals surface area contributed by atoms with Gasteiger partial charge in [-0.15, -0.1) is 0 Å². The smallest absolute Gasteiger partial charge is 0.214 e. The summed E-state index contributed by atoms with van der Waals surface area (Å²) in [7, 11) is 5.23. The Morgan fingerprint density at radius 1 is 1.37 bits per heavy atom. The standard InChI is InChI=1S/C11H21BN2O5/c12-7-11(17)14(1-2-15)8-10(13)9-19-6-5-18-4-3-16/h2,10,16H,1,3-9,13H2/t10-/m1/s1. The number of aliphatic hydroxyl groups excluding tert-OH is 1. The predicted octanol–water partition coefficient (Wildman–Crippen LogP) is -2.05. The molecule has 0 unspecified atom stereocenters. The van der Waals surface area contributed by atoms with Crippen LogP contribution in [-0.2, 0) is 19.1 Å². The number of amides is 1. The maximum Gasteiger partial charge on any atom is 0.214 e. The average Bonchev–Trinajstić information content (AvgIpc) is 2.41. The topological polar surface area (TPSA) is 102 Å². The lowest BCUT2D eigenvalue weighted by molar-refractivity contribution is -0.131. The molecule has 0 aromatic rings. The van der Waals surface area contributed by atoms with Crippen molar-refractivity contribution in [3.63, 3.8) is 0 Å². The zero-order valence-electron chi connectivity index (χ0n) is 11.0. The van der Waals surface area contributed by atoms with Gasteiger partial charge >= 0.3 is 0 Å². The van der Waals surface area contributed by atoms with E-state index in [2.05, 4.69) is 0 Å². The molecule has 0 bridgehead atoms. The quantitative estimate of drug-likeness (QED) is 0.241. The number of nitrogens with zero attached hydrogens (tertiary/aromatic N) is 1. The van der Waals surface area contributed by atoms with Crippen molar-refractivity contribution in [3.05, 3.63) is 0 Å². The van der Waals surface area contributed by atoms with E-state index in [1.165, 1.54) is 4.90 Å². The van der Waals surface area contributed by atoms with Gasteiger partial charge in [0, 0.05) is 12.6 Å². The third-order valence-corrected chi connectivity index (χ3v) is 2.22. The van der Waals surface area contributed by atoms with Gasteiger partial charge in [0.15, 0.2) is 0 Å². The molecule has 0 spiro atoms. The summed E-state index contributed by atoms with van der Waals surface area (Å²) in [6.45, 7) is 1.40. The Morgan fingerprint density at radius 2 is 2.05 bits per heavy atom. The SMILES string of the molecule is [B]CC(=O)N(CC=O)C[C@@H](N)COCCOCCO. The van der Waals surface area contributed by atoms with E-state index in [0.717, 1.165) is 0 Å². The van der Waals surface area contributed by atoms with Gasteiger partial charge in [-0.05, 0) is 6.32 Å². The predicted molar refractivity (Wildman–Crippen MR) is 69.9 cm³/mol. The Kier molecular flexibility index (Phi) is 11.5. The summed E-state index contributed by atoms with van der Waals surface area (Å²) in [5, 5.41) is 8.47. The molecule has 0 aromatic carbocycles. The minimum absolute atomic E-state index is 0.0245. The van der Waals surface area contributed by atoms with Crippen LogP contribution < -0.4 is 5.73 Å². The largest absolute Gasteiger partial charge is 0.394 e. The van der Waals surface area contributed by atoms with E-state index in [4.69, 9.17) is 28.2 Å². The molecule has 1 atom stereocenters. The number of nitrogens with two attached hydrogens (primary N) is 1. The number of carbonyl (C=O) groups excluding carboxylic acids is 2. The molecule has 7 nitrogen and oxygen atoms in total. The third-order valence-electron chi connectivity index (χ3n) is 2.22. The highest BCUT2D eigenvalue weighted by molar-refractivity contribution is 6.19. The highest BCUT2D eigenvalue weighted by atomic mass is 16.5. The summed E-state index contributed by atoms with van der Waals surface area (Å²) in [6.07, 6.45) is 0.473. The molecule has 0 aliphatic carbocycles. The molecule has 0 aromatic heterocycles. The lowest BCUT2D eigenvalue weighted by Gasteiger charge is -2.23. The first-order valence-electron chi connectivity index (χ1n) is 6.09. The molecule has 0 saturated heterocycles. The first-order chi connectivity index (χ1) is 9.15. The average molecular weight is 272 g/mol. The molecule has 0 saturated carbocycles. The molecule has 3 N–H and O–H groups in total. The van der Waals surface area contributed by atoms with Crippen molar-refractivity contribution < 1.29 is 24.2 Å². The van der Waals surface area contributed by atoms with Gasteiger partial charge in [-0.3, -0.25) is 4.79 Å². The second-order valence-corrected chi connectivity index (χ2v) is 3.84. The zero-order chi connectivity index (χ0) is 14.5. The zero-order valence-corrected chi connectivity index (χ0v) is 11.0. The fourth-order valence-corrected chi connectivity index (χ4v) is 1.35. The molecular weight excluding hydrogens is 251 g/mol. The van der Waals surface area contributed by atoms with E-state index >= 15 is 0 Å². The highest BCUT2D eigenvalue weighted by Gasteiger charge is 2.14. The molecule has 108 valence electrons. The monoisotopic (exact) mass is 272 g/mol. The van der Waals surface area contributed by atoms with Crippen molar-refractivity contribution in [2.24, 2.45) is 5.73 Å². The van der Waals surface area contributed by atoms with E-state index < -0.39 is 6.04 Å². The van der Waals surface area contributed by atoms with Gasteiger partial charge < -0.3 is 30.0 Å². The number of aliphatic hydroxyl groups is 1. The highest BCUT2D eigenvalue weighted by Crippen LogP contribution is 1.95. The molecule has 19 heavy (non-hydrogen) atoms. The van der Waals surface area contributed by atoms with E-state index in [-0.39, 0.29) is 45.1 Å². The van der Waals surface area contributed by atoms with Crippen LogP contribution >= 0.6 is 0 Å². The van der Waals surface area contributed by atoms with Crippen LogP contribution in [0.2, 0.25) is 6.32 Å². The molecule has 8 heteroatoms. The van der Waals surface area contributed by atoms with Gasteiger partial charge in [-0.25, -0.2) is 0 Å². The first kappa shape index (κ1) is 18.0. The fraction of sp³-hybridized carbons (Fsp3) is 0.818. The Bertz CT molecular complexity index is 255. The summed E-state index contributed by atoms with van der Waals surface area (Å²) in [5.41, 5.74) is 5.78. The molecule has 0 rings (SSSR count). The lowest BCUT2D eigenvalue weighted by Crippen LogP contribution is -2.44. The third kappa shape index (κ3) is 9.60. The number of hydrogen-bond donors (Lipinski definition) is 2. The Balaban J connectivity index is 3.77. The van der Waals surface area contributed by atoms with Gasteiger partial charge in [0.1, 0.15) is 6.29 Å². The fourth-order valence-electron chi connectivity index (χ4n) is 1.35. The van der Waals surface area contributed by atoms with Crippen LogP contribution in [0.3, 0.4) is 0 Å². The summed E-state index contributed by atoms with van der Waals surface area (Å²) in [6, 6.07) is -0.395. The minimum atomic E-state index is -0.395. The first-order valence-corrected chi connectivity index (χ1v) is 6.09. The van der Waals surface area contributed by atoms with Crippen molar-refractivity contribution in [1.29, 1.82) is 0 Å². The van der Waals surface area contributed by atoms with Crippen molar-refractivity contribution >= 4 is 20.0 Å². The van der Waals surface area contributed by atoms with Crippen molar-refractivity contribution in [2.75, 3.05) is 46.1 Å². The van der Waals surface area contributed by atoms with Crippen LogP contribution in [0.4, 0.5) is 0 Å². The van der Waals surface area contributed by atoms with Crippen LogP contribution in [0.15, 0.2) is 0 Å². The van der Waals surface area contributed by atoms with E-state index in [1.54, 1.807) is 0 Å². The molecule has 2 radical (unpaired) electrons. The van der Waals surface area contributed by atoms with Crippen LogP contribution in [0.1, 0.15) is 0 Å². The maximum absolute atomic E-state index is 11.4. The van der Waals surface area contributed by atoms with E-state index in [1.807, 2.05) is 0 Å². The van der Waals surface area contributed by atoms with Crippen molar-refractivity contribution in [1.82, 2.24) is 4.90 Å². The second kappa shape index (κ2) is 12.1. The normalized spacial score (nSPS) is 12.1. The van der Waals surface area contributed by atoms with Gasteiger partial charge in [-0.2, -0.15) is 0 Å². The number of ether oxygens (including phenoxy) is 2. The summed E-state index contributed by atoms with van der Waals surface area (Å²) >= 11 is 0.